The fourth-order valence-corrected chi connectivity index (χ4v) is 4.18. The molecule has 0 amide bonds. The summed E-state index contributed by atoms with van der Waals surface area (Å²) in [4.78, 5) is 0. The summed E-state index contributed by atoms with van der Waals surface area (Å²) < 4.78 is 45.9. The summed E-state index contributed by atoms with van der Waals surface area (Å²) in [7, 11) is 0. The van der Waals surface area contributed by atoms with E-state index in [2.05, 4.69) is 6.92 Å². The fraction of sp³-hybridized carbons (Fsp3) is 0.407. The molecule has 0 aliphatic carbocycles. The molecule has 3 aromatic carbocycles. The van der Waals surface area contributed by atoms with Crippen LogP contribution in [0.5, 0.6) is 0 Å². The van der Waals surface area contributed by atoms with E-state index in [0.29, 0.717) is 37.0 Å². The van der Waals surface area contributed by atoms with E-state index in [4.69, 9.17) is 25.8 Å². The Hall–Kier alpha value is -2.05. The maximum atomic E-state index is 15.1. The number of halogens is 3. The van der Waals surface area contributed by atoms with Gasteiger partial charge in [-0.15, -0.1) is 0 Å². The van der Waals surface area contributed by atoms with Crippen molar-refractivity contribution in [3.63, 3.8) is 0 Å². The smallest absolute Gasteiger partial charge is 0.158 e. The lowest BCUT2D eigenvalue weighted by Gasteiger charge is -2.29. The van der Waals surface area contributed by atoms with Crippen molar-refractivity contribution < 1.29 is 23.0 Å². The number of aryl methyl sites for hydroxylation is 3. The van der Waals surface area contributed by atoms with Crippen LogP contribution < -0.4 is 0 Å². The van der Waals surface area contributed by atoms with Crippen LogP contribution >= 0.6 is 11.6 Å². The molecule has 1 heterocycles. The second-order valence-corrected chi connectivity index (χ2v) is 8.88. The second kappa shape index (κ2) is 11.4. The largest absolute Gasteiger partial charge is 0.373 e. The van der Waals surface area contributed by atoms with Crippen LogP contribution in [0.4, 0.5) is 8.78 Å². The number of benzene rings is 3. The van der Waals surface area contributed by atoms with Crippen molar-refractivity contribution in [2.75, 3.05) is 19.8 Å². The molecule has 0 unspecified atom stereocenters. The maximum absolute atomic E-state index is 15.1. The molecule has 1 fully saturated rings. The first-order valence-electron chi connectivity index (χ1n) is 11.5. The zero-order valence-electron chi connectivity index (χ0n) is 18.8. The predicted molar refractivity (Wildman–Crippen MR) is 127 cm³/mol. The average molecular weight is 475 g/mol. The van der Waals surface area contributed by atoms with Gasteiger partial charge in [0.2, 0.25) is 0 Å². The minimum Gasteiger partial charge on any atom is -0.373 e. The van der Waals surface area contributed by atoms with Gasteiger partial charge in [-0.3, -0.25) is 0 Å². The lowest BCUT2D eigenvalue weighted by atomic mass is 9.98. The van der Waals surface area contributed by atoms with Gasteiger partial charge in [0.25, 0.3) is 0 Å². The Morgan fingerprint density at radius 2 is 1.70 bits per heavy atom. The Morgan fingerprint density at radius 1 is 0.939 bits per heavy atom. The molecule has 0 saturated carbocycles. The van der Waals surface area contributed by atoms with Crippen molar-refractivity contribution in [1.82, 2.24) is 0 Å². The summed E-state index contributed by atoms with van der Waals surface area (Å²) in [5, 5.41) is 1.56. The van der Waals surface area contributed by atoms with Crippen LogP contribution in [0.15, 0.2) is 48.5 Å². The summed E-state index contributed by atoms with van der Waals surface area (Å²) in [6, 6.07) is 14.3. The minimum atomic E-state index is -0.450. The van der Waals surface area contributed by atoms with E-state index >= 15 is 4.39 Å². The number of hydrogen-bond acceptors (Lipinski definition) is 3. The van der Waals surface area contributed by atoms with E-state index in [1.165, 1.54) is 12.1 Å². The summed E-state index contributed by atoms with van der Waals surface area (Å²) in [6.07, 6.45) is 3.31. The number of ether oxygens (including phenoxy) is 3. The topological polar surface area (TPSA) is 27.7 Å². The molecule has 0 bridgehead atoms. The Balaban J connectivity index is 1.34. The van der Waals surface area contributed by atoms with Gasteiger partial charge < -0.3 is 14.2 Å². The molecule has 1 aliphatic rings. The molecular weight excluding hydrogens is 446 g/mol. The first kappa shape index (κ1) is 24.1. The number of hydrogen-bond donors (Lipinski definition) is 0. The third kappa shape index (κ3) is 6.30. The van der Waals surface area contributed by atoms with Gasteiger partial charge >= 0.3 is 0 Å². The minimum absolute atomic E-state index is 0.0118. The van der Waals surface area contributed by atoms with Crippen LogP contribution in [-0.2, 0) is 33.5 Å². The monoisotopic (exact) mass is 474 g/mol. The normalized spacial score (nSPS) is 18.7. The van der Waals surface area contributed by atoms with Crippen molar-refractivity contribution in [2.45, 2.75) is 51.4 Å². The van der Waals surface area contributed by atoms with Crippen LogP contribution in [0, 0.1) is 11.6 Å². The molecule has 3 nitrogen and oxygen atoms in total. The zero-order chi connectivity index (χ0) is 23.2. The van der Waals surface area contributed by atoms with Crippen molar-refractivity contribution in [2.24, 2.45) is 0 Å². The predicted octanol–water partition coefficient (Wildman–Crippen LogP) is 6.66. The highest BCUT2D eigenvalue weighted by Crippen LogP contribution is 2.25. The molecule has 0 N–H and O–H groups in total. The van der Waals surface area contributed by atoms with Gasteiger partial charge in [-0.1, -0.05) is 54.9 Å². The second-order valence-electron chi connectivity index (χ2n) is 8.47. The highest BCUT2D eigenvalue weighted by atomic mass is 35.5. The molecular formula is C27H29ClF2O3. The molecule has 1 aliphatic heterocycles. The highest BCUT2D eigenvalue weighted by Gasteiger charge is 2.22. The molecule has 0 atom stereocenters. The zero-order valence-corrected chi connectivity index (χ0v) is 19.5. The molecule has 3 aromatic rings. The molecule has 0 spiro atoms. The molecule has 1 saturated heterocycles. The van der Waals surface area contributed by atoms with Gasteiger partial charge in [0.15, 0.2) is 6.29 Å². The van der Waals surface area contributed by atoms with Gasteiger partial charge in [-0.05, 0) is 59.9 Å². The first-order chi connectivity index (χ1) is 16.0. The van der Waals surface area contributed by atoms with E-state index in [0.717, 1.165) is 42.4 Å². The van der Waals surface area contributed by atoms with Gasteiger partial charge in [-0.2, -0.15) is 0 Å². The van der Waals surface area contributed by atoms with Gasteiger partial charge in [0, 0.05) is 18.4 Å². The third-order valence-corrected chi connectivity index (χ3v) is 6.23. The molecule has 33 heavy (non-hydrogen) atoms. The van der Waals surface area contributed by atoms with E-state index in [1.54, 1.807) is 6.07 Å². The maximum Gasteiger partial charge on any atom is 0.158 e. The van der Waals surface area contributed by atoms with Crippen LogP contribution in [0.3, 0.4) is 0 Å². The standard InChI is InChI=1S/C27H29ClF2O3/c1-2-13-31-22-16-32-26(33-17-22)12-6-18-4-10-23-21(14-18)9-8-20(27(23)30)7-3-19-5-11-24(28)25(29)15-19/h4-5,8-11,14-15,22,26H,2-3,6-7,12-13,16-17H2,1H3. The molecule has 4 rings (SSSR count). The van der Waals surface area contributed by atoms with Gasteiger partial charge in [-0.25, -0.2) is 8.78 Å². The molecule has 0 radical (unpaired) electrons. The molecule has 6 heteroatoms. The van der Waals surface area contributed by atoms with Crippen LogP contribution in [0.1, 0.15) is 36.5 Å². The Labute approximate surface area is 198 Å². The third-order valence-electron chi connectivity index (χ3n) is 5.93. The average Bonchev–Trinajstić information content (AvgIpc) is 2.83. The lowest BCUT2D eigenvalue weighted by Crippen LogP contribution is -2.37. The van der Waals surface area contributed by atoms with Gasteiger partial charge in [0.1, 0.15) is 17.7 Å². The molecule has 176 valence electrons. The van der Waals surface area contributed by atoms with E-state index in [9.17, 15) is 4.39 Å². The van der Waals surface area contributed by atoms with E-state index < -0.39 is 5.82 Å². The van der Waals surface area contributed by atoms with Crippen molar-refractivity contribution >= 4 is 22.4 Å². The van der Waals surface area contributed by atoms with Gasteiger partial charge in [0.05, 0.1) is 18.2 Å². The van der Waals surface area contributed by atoms with E-state index in [-0.39, 0.29) is 23.2 Å². The summed E-state index contributed by atoms with van der Waals surface area (Å²) in [5.74, 6) is -0.667. The summed E-state index contributed by atoms with van der Waals surface area (Å²) in [6.45, 7) is 3.91. The number of rotatable bonds is 9. The number of fused-ring (bicyclic) bond motifs is 1. The Kier molecular flexibility index (Phi) is 8.31. The van der Waals surface area contributed by atoms with Crippen LogP contribution in [-0.4, -0.2) is 32.2 Å². The van der Waals surface area contributed by atoms with E-state index in [1.807, 2.05) is 30.3 Å². The summed E-state index contributed by atoms with van der Waals surface area (Å²) >= 11 is 5.74. The van der Waals surface area contributed by atoms with Crippen LogP contribution in [0.2, 0.25) is 5.02 Å². The molecule has 0 aromatic heterocycles. The van der Waals surface area contributed by atoms with Crippen molar-refractivity contribution in [3.05, 3.63) is 81.9 Å². The Bertz CT molecular complexity index is 1080. The SMILES string of the molecule is CCCOC1COC(CCc2ccc3c(F)c(CCc4ccc(Cl)c(F)c4)ccc3c2)OC1. The quantitative estimate of drug-likeness (QED) is 0.347. The Morgan fingerprint density at radius 3 is 2.45 bits per heavy atom. The van der Waals surface area contributed by atoms with Crippen molar-refractivity contribution in [1.29, 1.82) is 0 Å². The summed E-state index contributed by atoms with van der Waals surface area (Å²) in [5.41, 5.74) is 2.53. The highest BCUT2D eigenvalue weighted by molar-refractivity contribution is 6.30. The van der Waals surface area contributed by atoms with Crippen LogP contribution in [0.25, 0.3) is 10.8 Å². The lowest BCUT2D eigenvalue weighted by molar-refractivity contribution is -0.227. The fourth-order valence-electron chi connectivity index (χ4n) is 4.07. The van der Waals surface area contributed by atoms with Crippen molar-refractivity contribution in [3.8, 4) is 0 Å². The first-order valence-corrected chi connectivity index (χ1v) is 11.9.